The largest absolute Gasteiger partial charge is 0.465 e. The highest BCUT2D eigenvalue weighted by Gasteiger charge is 2.32. The molecule has 0 amide bonds. The van der Waals surface area contributed by atoms with Gasteiger partial charge in [0.05, 0.1) is 6.61 Å². The van der Waals surface area contributed by atoms with Crippen LogP contribution in [-0.2, 0) is 16.0 Å². The number of ether oxygens (including phenoxy) is 1. The minimum Gasteiger partial charge on any atom is -0.465 e. The van der Waals surface area contributed by atoms with Crippen LogP contribution in [0.4, 0.5) is 4.39 Å². The van der Waals surface area contributed by atoms with Crippen LogP contribution in [0, 0.1) is 5.82 Å². The number of esters is 1. The van der Waals surface area contributed by atoms with Gasteiger partial charge in [0, 0.05) is 25.7 Å². The highest BCUT2D eigenvalue weighted by molar-refractivity contribution is 5.76. The molecule has 1 saturated heterocycles. The van der Waals surface area contributed by atoms with Gasteiger partial charge in [0.15, 0.2) is 0 Å². The summed E-state index contributed by atoms with van der Waals surface area (Å²) in [6.07, 6.45) is 0.586. The Kier molecular flexibility index (Phi) is 5.70. The van der Waals surface area contributed by atoms with Gasteiger partial charge in [-0.2, -0.15) is 0 Å². The van der Waals surface area contributed by atoms with Crippen LogP contribution in [0.15, 0.2) is 24.3 Å². The zero-order chi connectivity index (χ0) is 15.2. The van der Waals surface area contributed by atoms with Crippen molar-refractivity contribution in [3.8, 4) is 0 Å². The first-order valence-corrected chi connectivity index (χ1v) is 7.50. The van der Waals surface area contributed by atoms with Crippen LogP contribution in [0.5, 0.6) is 0 Å². The number of halogens is 1. The number of carbonyl (C=O) groups is 1. The highest BCUT2D eigenvalue weighted by Crippen LogP contribution is 2.16. The van der Waals surface area contributed by atoms with E-state index in [9.17, 15) is 9.18 Å². The number of nitrogens with zero attached hydrogens (tertiary/aromatic N) is 1. The molecule has 1 heterocycles. The van der Waals surface area contributed by atoms with Crippen LogP contribution in [0.1, 0.15) is 19.4 Å². The Balaban J connectivity index is 2.06. The molecule has 21 heavy (non-hydrogen) atoms. The van der Waals surface area contributed by atoms with E-state index in [0.717, 1.165) is 13.1 Å². The molecule has 4 nitrogen and oxygen atoms in total. The third-order valence-corrected chi connectivity index (χ3v) is 3.88. The maximum Gasteiger partial charge on any atom is 0.324 e. The molecule has 0 spiro atoms. The van der Waals surface area contributed by atoms with E-state index in [0.29, 0.717) is 25.1 Å². The predicted molar refractivity (Wildman–Crippen MR) is 79.6 cm³/mol. The van der Waals surface area contributed by atoms with Crippen LogP contribution in [0.25, 0.3) is 0 Å². The number of piperazine rings is 1. The first-order chi connectivity index (χ1) is 10.1. The fourth-order valence-electron chi connectivity index (χ4n) is 2.80. The summed E-state index contributed by atoms with van der Waals surface area (Å²) in [5, 5.41) is 3.22. The average molecular weight is 294 g/mol. The van der Waals surface area contributed by atoms with Gasteiger partial charge in [-0.3, -0.25) is 9.69 Å². The quantitative estimate of drug-likeness (QED) is 0.838. The lowest BCUT2D eigenvalue weighted by Crippen LogP contribution is -2.58. The van der Waals surface area contributed by atoms with Gasteiger partial charge < -0.3 is 10.1 Å². The third-order valence-electron chi connectivity index (χ3n) is 3.88. The number of hydrogen-bond donors (Lipinski definition) is 1. The second kappa shape index (κ2) is 7.52. The molecule has 0 aliphatic carbocycles. The van der Waals surface area contributed by atoms with Gasteiger partial charge in [0.25, 0.3) is 0 Å². The Morgan fingerprint density at radius 3 is 3.00 bits per heavy atom. The second-order valence-electron chi connectivity index (χ2n) is 5.35. The summed E-state index contributed by atoms with van der Waals surface area (Å²) in [5.74, 6) is -0.391. The van der Waals surface area contributed by atoms with Gasteiger partial charge >= 0.3 is 5.97 Å². The fourth-order valence-corrected chi connectivity index (χ4v) is 2.80. The molecule has 5 heteroatoms. The number of rotatable bonds is 5. The summed E-state index contributed by atoms with van der Waals surface area (Å²) in [4.78, 5) is 14.2. The molecular formula is C16H23FN2O2. The van der Waals surface area contributed by atoms with Gasteiger partial charge in [0.1, 0.15) is 11.9 Å². The summed E-state index contributed by atoms with van der Waals surface area (Å²) < 4.78 is 18.9. The molecule has 2 rings (SSSR count). The van der Waals surface area contributed by atoms with E-state index >= 15 is 0 Å². The minimum absolute atomic E-state index is 0.0819. The molecule has 2 unspecified atom stereocenters. The highest BCUT2D eigenvalue weighted by atomic mass is 19.1. The lowest BCUT2D eigenvalue weighted by atomic mass is 10.0. The molecule has 1 aromatic rings. The predicted octanol–water partition coefficient (Wildman–Crippen LogP) is 1.59. The van der Waals surface area contributed by atoms with Crippen LogP contribution >= 0.6 is 0 Å². The Bertz CT molecular complexity index is 481. The second-order valence-corrected chi connectivity index (χ2v) is 5.35. The van der Waals surface area contributed by atoms with Crippen molar-refractivity contribution < 1.29 is 13.9 Å². The van der Waals surface area contributed by atoms with E-state index in [1.807, 2.05) is 13.0 Å². The maximum absolute atomic E-state index is 13.8. The molecule has 1 aliphatic heterocycles. The first kappa shape index (κ1) is 15.9. The van der Waals surface area contributed by atoms with E-state index in [1.54, 1.807) is 19.1 Å². The Morgan fingerprint density at radius 2 is 2.29 bits per heavy atom. The van der Waals surface area contributed by atoms with Crippen molar-refractivity contribution in [1.29, 1.82) is 0 Å². The molecule has 1 fully saturated rings. The number of carbonyl (C=O) groups excluding carboxylic acids is 1. The van der Waals surface area contributed by atoms with E-state index in [-0.39, 0.29) is 23.9 Å². The maximum atomic E-state index is 13.8. The van der Waals surface area contributed by atoms with E-state index in [4.69, 9.17) is 4.74 Å². The third kappa shape index (κ3) is 4.02. The summed E-state index contributed by atoms with van der Waals surface area (Å²) in [5.41, 5.74) is 0.686. The summed E-state index contributed by atoms with van der Waals surface area (Å²) >= 11 is 0. The molecule has 2 atom stereocenters. The van der Waals surface area contributed by atoms with Gasteiger partial charge in [-0.15, -0.1) is 0 Å². The molecule has 1 aliphatic rings. The molecule has 0 aromatic heterocycles. The van der Waals surface area contributed by atoms with E-state index < -0.39 is 0 Å². The topological polar surface area (TPSA) is 41.6 Å². The van der Waals surface area contributed by atoms with Crippen molar-refractivity contribution in [2.45, 2.75) is 32.4 Å². The zero-order valence-electron chi connectivity index (χ0n) is 12.6. The molecule has 0 saturated carbocycles. The number of hydrogen-bond acceptors (Lipinski definition) is 4. The average Bonchev–Trinajstić information content (AvgIpc) is 2.50. The van der Waals surface area contributed by atoms with E-state index in [2.05, 4.69) is 10.2 Å². The van der Waals surface area contributed by atoms with Crippen molar-refractivity contribution >= 4 is 5.97 Å². The van der Waals surface area contributed by atoms with Crippen molar-refractivity contribution in [3.05, 3.63) is 35.6 Å². The van der Waals surface area contributed by atoms with Crippen LogP contribution in [-0.4, -0.2) is 49.2 Å². The first-order valence-electron chi connectivity index (χ1n) is 7.50. The van der Waals surface area contributed by atoms with Crippen molar-refractivity contribution in [2.75, 3.05) is 26.2 Å². The van der Waals surface area contributed by atoms with Crippen molar-refractivity contribution in [1.82, 2.24) is 10.2 Å². The molecule has 1 aromatic carbocycles. The minimum atomic E-state index is -0.291. The molecule has 0 bridgehead atoms. The molecule has 1 N–H and O–H groups in total. The van der Waals surface area contributed by atoms with Gasteiger partial charge in [-0.1, -0.05) is 18.2 Å². The number of nitrogens with one attached hydrogen (secondary N) is 1. The van der Waals surface area contributed by atoms with Gasteiger partial charge in [-0.05, 0) is 31.9 Å². The van der Waals surface area contributed by atoms with Crippen LogP contribution in [0.3, 0.4) is 0 Å². The summed E-state index contributed by atoms with van der Waals surface area (Å²) in [6.45, 7) is 6.40. The molecular weight excluding hydrogens is 271 g/mol. The Hall–Kier alpha value is -1.46. The SMILES string of the molecule is CCOC(=O)C1CNCCN1C(C)Cc1ccccc1F. The zero-order valence-corrected chi connectivity index (χ0v) is 12.6. The van der Waals surface area contributed by atoms with Crippen LogP contribution < -0.4 is 5.32 Å². The molecule has 116 valence electrons. The van der Waals surface area contributed by atoms with Crippen LogP contribution in [0.2, 0.25) is 0 Å². The van der Waals surface area contributed by atoms with E-state index in [1.165, 1.54) is 6.07 Å². The lowest BCUT2D eigenvalue weighted by molar-refractivity contribution is -0.151. The smallest absolute Gasteiger partial charge is 0.324 e. The Morgan fingerprint density at radius 1 is 1.52 bits per heavy atom. The summed E-state index contributed by atoms with van der Waals surface area (Å²) in [6, 6.07) is 6.59. The molecule has 0 radical (unpaired) electrons. The normalized spacial score (nSPS) is 21.0. The monoisotopic (exact) mass is 294 g/mol. The van der Waals surface area contributed by atoms with Crippen molar-refractivity contribution in [2.24, 2.45) is 0 Å². The van der Waals surface area contributed by atoms with Gasteiger partial charge in [-0.25, -0.2) is 4.39 Å². The number of benzene rings is 1. The lowest BCUT2D eigenvalue weighted by Gasteiger charge is -2.38. The van der Waals surface area contributed by atoms with Crippen molar-refractivity contribution in [3.63, 3.8) is 0 Å². The Labute approximate surface area is 125 Å². The summed E-state index contributed by atoms with van der Waals surface area (Å²) in [7, 11) is 0. The standard InChI is InChI=1S/C16H23FN2O2/c1-3-21-16(20)15-11-18-8-9-19(15)12(2)10-13-6-4-5-7-14(13)17/h4-7,12,15,18H,3,8-11H2,1-2H3. The van der Waals surface area contributed by atoms with Gasteiger partial charge in [0.2, 0.25) is 0 Å². The fraction of sp³-hybridized carbons (Fsp3) is 0.562.